The highest BCUT2D eigenvalue weighted by Gasteiger charge is 2.08. The lowest BCUT2D eigenvalue weighted by Gasteiger charge is -2.21. The molecule has 0 fully saturated rings. The summed E-state index contributed by atoms with van der Waals surface area (Å²) in [5.41, 5.74) is 9.04. The molecule has 0 saturated heterocycles. The van der Waals surface area contributed by atoms with Gasteiger partial charge in [0.15, 0.2) is 0 Å². The minimum Gasteiger partial charge on any atom is -0.489 e. The van der Waals surface area contributed by atoms with Crippen molar-refractivity contribution in [2.24, 2.45) is 0 Å². The first-order valence-electron chi connectivity index (χ1n) is 6.34. The van der Waals surface area contributed by atoms with Crippen LogP contribution >= 0.6 is 11.3 Å². The fraction of sp³-hybridized carbons (Fsp3) is 0.333. The number of ether oxygens (including phenoxy) is 1. The molecule has 3 nitrogen and oxygen atoms in total. The van der Waals surface area contributed by atoms with E-state index < -0.39 is 0 Å². The first-order valence-corrected chi connectivity index (χ1v) is 7.29. The Kier molecular flexibility index (Phi) is 4.32. The van der Waals surface area contributed by atoms with Crippen molar-refractivity contribution in [3.63, 3.8) is 0 Å². The van der Waals surface area contributed by atoms with Crippen molar-refractivity contribution in [2.45, 2.75) is 26.5 Å². The summed E-state index contributed by atoms with van der Waals surface area (Å²) in [7, 11) is 2.07. The van der Waals surface area contributed by atoms with Gasteiger partial charge in [-0.25, -0.2) is 0 Å². The molecule has 4 heteroatoms. The van der Waals surface area contributed by atoms with Gasteiger partial charge in [-0.2, -0.15) is 11.3 Å². The lowest BCUT2D eigenvalue weighted by atomic mass is 10.2. The summed E-state index contributed by atoms with van der Waals surface area (Å²) in [6.45, 7) is 4.89. The number of rotatable bonds is 5. The van der Waals surface area contributed by atoms with Crippen LogP contribution in [0.3, 0.4) is 0 Å². The summed E-state index contributed by atoms with van der Waals surface area (Å²) >= 11 is 1.72. The molecule has 2 N–H and O–H groups in total. The first kappa shape index (κ1) is 13.7. The second-order valence-corrected chi connectivity index (χ2v) is 5.66. The molecular weight excluding hydrogens is 256 g/mol. The summed E-state index contributed by atoms with van der Waals surface area (Å²) in [5.74, 6) is 0.754. The second kappa shape index (κ2) is 5.97. The molecule has 0 unspecified atom stereocenters. The van der Waals surface area contributed by atoms with Gasteiger partial charge in [-0.15, -0.1) is 0 Å². The normalized spacial score (nSPS) is 10.7. The maximum absolute atomic E-state index is 5.93. The van der Waals surface area contributed by atoms with E-state index in [0.717, 1.165) is 18.0 Å². The van der Waals surface area contributed by atoms with E-state index in [-0.39, 0.29) is 6.10 Å². The summed E-state index contributed by atoms with van der Waals surface area (Å²) in [4.78, 5) is 2.19. The van der Waals surface area contributed by atoms with Crippen LogP contribution in [0.15, 0.2) is 35.0 Å². The standard InChI is InChI=1S/C15H20N2OS/c1-11(2)18-15-8-13(4-5-14(15)16)17(3)9-12-6-7-19-10-12/h4-8,10-11H,9,16H2,1-3H3. The highest BCUT2D eigenvalue weighted by Crippen LogP contribution is 2.28. The predicted molar refractivity (Wildman–Crippen MR) is 83.0 cm³/mol. The molecule has 0 bridgehead atoms. The van der Waals surface area contributed by atoms with Crippen molar-refractivity contribution in [2.75, 3.05) is 17.7 Å². The second-order valence-electron chi connectivity index (χ2n) is 4.88. The van der Waals surface area contributed by atoms with E-state index in [2.05, 4.69) is 28.8 Å². The van der Waals surface area contributed by atoms with E-state index in [1.54, 1.807) is 11.3 Å². The average Bonchev–Trinajstić information content (AvgIpc) is 2.84. The zero-order valence-corrected chi connectivity index (χ0v) is 12.4. The molecule has 0 spiro atoms. The van der Waals surface area contributed by atoms with Crippen LogP contribution in [0.25, 0.3) is 0 Å². The predicted octanol–water partition coefficient (Wildman–Crippen LogP) is 3.75. The van der Waals surface area contributed by atoms with E-state index in [9.17, 15) is 0 Å². The van der Waals surface area contributed by atoms with E-state index in [1.807, 2.05) is 32.0 Å². The quantitative estimate of drug-likeness (QED) is 0.845. The van der Waals surface area contributed by atoms with Crippen molar-refractivity contribution in [1.29, 1.82) is 0 Å². The monoisotopic (exact) mass is 276 g/mol. The van der Waals surface area contributed by atoms with E-state index >= 15 is 0 Å². The Balaban J connectivity index is 2.15. The summed E-state index contributed by atoms with van der Waals surface area (Å²) in [6, 6.07) is 8.07. The Morgan fingerprint density at radius 2 is 2.11 bits per heavy atom. The molecule has 1 aromatic carbocycles. The van der Waals surface area contributed by atoms with Gasteiger partial charge in [0.05, 0.1) is 11.8 Å². The Morgan fingerprint density at radius 1 is 1.32 bits per heavy atom. The van der Waals surface area contributed by atoms with Gasteiger partial charge in [-0.05, 0) is 48.4 Å². The fourth-order valence-corrected chi connectivity index (χ4v) is 2.52. The van der Waals surface area contributed by atoms with Crippen molar-refractivity contribution >= 4 is 22.7 Å². The van der Waals surface area contributed by atoms with Gasteiger partial charge in [-0.3, -0.25) is 0 Å². The van der Waals surface area contributed by atoms with Crippen molar-refractivity contribution in [3.05, 3.63) is 40.6 Å². The molecule has 2 rings (SSSR count). The number of nitrogens with zero attached hydrogens (tertiary/aromatic N) is 1. The van der Waals surface area contributed by atoms with Crippen LogP contribution in [-0.4, -0.2) is 13.2 Å². The lowest BCUT2D eigenvalue weighted by Crippen LogP contribution is -2.16. The topological polar surface area (TPSA) is 38.5 Å². The number of nitrogen functional groups attached to an aromatic ring is 1. The first-order chi connectivity index (χ1) is 9.06. The Labute approximate surface area is 118 Å². The van der Waals surface area contributed by atoms with Gasteiger partial charge in [0.2, 0.25) is 0 Å². The average molecular weight is 276 g/mol. The number of benzene rings is 1. The molecule has 19 heavy (non-hydrogen) atoms. The van der Waals surface area contributed by atoms with Crippen molar-refractivity contribution in [3.8, 4) is 5.75 Å². The van der Waals surface area contributed by atoms with Crippen molar-refractivity contribution in [1.82, 2.24) is 0 Å². The van der Waals surface area contributed by atoms with Crippen LogP contribution in [0.4, 0.5) is 11.4 Å². The molecule has 0 amide bonds. The third kappa shape index (κ3) is 3.64. The molecule has 0 aliphatic rings. The minimum atomic E-state index is 0.125. The van der Waals surface area contributed by atoms with Gasteiger partial charge in [0, 0.05) is 25.3 Å². The number of thiophene rings is 1. The number of anilines is 2. The minimum absolute atomic E-state index is 0.125. The third-order valence-electron chi connectivity index (χ3n) is 2.80. The number of nitrogens with two attached hydrogens (primary N) is 1. The molecule has 1 heterocycles. The Bertz CT molecular complexity index is 523. The van der Waals surface area contributed by atoms with E-state index in [4.69, 9.17) is 10.5 Å². The van der Waals surface area contributed by atoms with Crippen LogP contribution in [0.5, 0.6) is 5.75 Å². The smallest absolute Gasteiger partial charge is 0.144 e. The zero-order valence-electron chi connectivity index (χ0n) is 11.6. The molecule has 0 saturated carbocycles. The Hall–Kier alpha value is -1.68. The van der Waals surface area contributed by atoms with Gasteiger partial charge in [-0.1, -0.05) is 0 Å². The molecular formula is C15H20N2OS. The summed E-state index contributed by atoms with van der Waals surface area (Å²) in [5, 5.41) is 4.26. The van der Waals surface area contributed by atoms with Gasteiger partial charge in [0.25, 0.3) is 0 Å². The largest absolute Gasteiger partial charge is 0.489 e. The number of hydrogen-bond acceptors (Lipinski definition) is 4. The molecule has 0 aliphatic carbocycles. The van der Waals surface area contributed by atoms with Crippen LogP contribution in [0.1, 0.15) is 19.4 Å². The molecule has 0 aliphatic heterocycles. The van der Waals surface area contributed by atoms with Crippen LogP contribution in [-0.2, 0) is 6.54 Å². The number of hydrogen-bond donors (Lipinski definition) is 1. The molecule has 2 aromatic rings. The lowest BCUT2D eigenvalue weighted by molar-refractivity contribution is 0.244. The summed E-state index contributed by atoms with van der Waals surface area (Å²) < 4.78 is 5.72. The third-order valence-corrected chi connectivity index (χ3v) is 3.53. The Morgan fingerprint density at radius 3 is 2.74 bits per heavy atom. The van der Waals surface area contributed by atoms with Gasteiger partial charge >= 0.3 is 0 Å². The van der Waals surface area contributed by atoms with Crippen LogP contribution in [0.2, 0.25) is 0 Å². The maximum atomic E-state index is 5.93. The molecule has 0 atom stereocenters. The van der Waals surface area contributed by atoms with Crippen LogP contribution in [0, 0.1) is 0 Å². The fourth-order valence-electron chi connectivity index (χ4n) is 1.86. The highest BCUT2D eigenvalue weighted by atomic mass is 32.1. The SMILES string of the molecule is CC(C)Oc1cc(N(C)Cc2ccsc2)ccc1N. The van der Waals surface area contributed by atoms with Crippen molar-refractivity contribution < 1.29 is 4.74 Å². The van der Waals surface area contributed by atoms with E-state index in [0.29, 0.717) is 5.69 Å². The highest BCUT2D eigenvalue weighted by molar-refractivity contribution is 7.07. The summed E-state index contributed by atoms with van der Waals surface area (Å²) in [6.07, 6.45) is 0.125. The van der Waals surface area contributed by atoms with Gasteiger partial charge in [0.1, 0.15) is 5.75 Å². The molecule has 0 radical (unpaired) electrons. The molecule has 102 valence electrons. The van der Waals surface area contributed by atoms with E-state index in [1.165, 1.54) is 5.56 Å². The van der Waals surface area contributed by atoms with Crippen LogP contribution < -0.4 is 15.4 Å². The zero-order chi connectivity index (χ0) is 13.8. The van der Waals surface area contributed by atoms with Gasteiger partial charge < -0.3 is 15.4 Å². The maximum Gasteiger partial charge on any atom is 0.144 e. The molecule has 1 aromatic heterocycles.